The van der Waals surface area contributed by atoms with E-state index in [4.69, 9.17) is 0 Å². The predicted molar refractivity (Wildman–Crippen MR) is 64.7 cm³/mol. The first-order valence-corrected chi connectivity index (χ1v) is 5.89. The van der Waals surface area contributed by atoms with E-state index in [2.05, 4.69) is 30.6 Å². The molecule has 1 N–H and O–H groups in total. The van der Waals surface area contributed by atoms with Crippen molar-refractivity contribution in [3.05, 3.63) is 12.7 Å². The van der Waals surface area contributed by atoms with E-state index in [1.165, 1.54) is 32.4 Å². The zero-order valence-electron chi connectivity index (χ0n) is 9.89. The number of nitrogens with zero attached hydrogens (tertiary/aromatic N) is 1. The standard InChI is InChI=1S/C12H26N2/c1-4-11-14(6-3)12-9-7-8-10-13-5-2/h4,13H,1,5-12H2,2-3H3. The van der Waals surface area contributed by atoms with E-state index in [1.807, 2.05) is 6.08 Å². The molecule has 0 aromatic rings. The van der Waals surface area contributed by atoms with Crippen molar-refractivity contribution < 1.29 is 0 Å². The van der Waals surface area contributed by atoms with Crippen molar-refractivity contribution in [1.29, 1.82) is 0 Å². The van der Waals surface area contributed by atoms with Crippen LogP contribution in [0.2, 0.25) is 0 Å². The molecule has 0 aromatic heterocycles. The molecule has 0 spiro atoms. The fraction of sp³-hybridized carbons (Fsp3) is 0.833. The topological polar surface area (TPSA) is 15.3 Å². The monoisotopic (exact) mass is 198 g/mol. The molecule has 0 heterocycles. The average molecular weight is 198 g/mol. The Hall–Kier alpha value is -0.340. The van der Waals surface area contributed by atoms with Crippen LogP contribution < -0.4 is 5.32 Å². The molecule has 0 aliphatic carbocycles. The minimum atomic E-state index is 1.03. The minimum Gasteiger partial charge on any atom is -0.317 e. The maximum Gasteiger partial charge on any atom is 0.0160 e. The van der Waals surface area contributed by atoms with Gasteiger partial charge in [0.25, 0.3) is 0 Å². The summed E-state index contributed by atoms with van der Waals surface area (Å²) in [6.07, 6.45) is 5.94. The Bertz CT molecular complexity index is 123. The predicted octanol–water partition coefficient (Wildman–Crippen LogP) is 2.27. The lowest BCUT2D eigenvalue weighted by Crippen LogP contribution is -2.24. The SMILES string of the molecule is C=CCN(CC)CCCCCNCC. The van der Waals surface area contributed by atoms with Crippen molar-refractivity contribution in [3.8, 4) is 0 Å². The number of unbranched alkanes of at least 4 members (excludes halogenated alkanes) is 2. The lowest BCUT2D eigenvalue weighted by atomic mass is 10.2. The van der Waals surface area contributed by atoms with Crippen LogP contribution in [0.25, 0.3) is 0 Å². The number of nitrogens with one attached hydrogen (secondary N) is 1. The minimum absolute atomic E-state index is 1.03. The second-order valence-corrected chi connectivity index (χ2v) is 3.60. The molecule has 2 heteroatoms. The molecule has 14 heavy (non-hydrogen) atoms. The van der Waals surface area contributed by atoms with E-state index in [0.717, 1.165) is 19.6 Å². The maximum absolute atomic E-state index is 3.77. The van der Waals surface area contributed by atoms with E-state index < -0.39 is 0 Å². The number of hydrogen-bond acceptors (Lipinski definition) is 2. The summed E-state index contributed by atoms with van der Waals surface area (Å²) in [5, 5.41) is 3.35. The van der Waals surface area contributed by atoms with Crippen LogP contribution in [0.4, 0.5) is 0 Å². The van der Waals surface area contributed by atoms with Gasteiger partial charge >= 0.3 is 0 Å². The van der Waals surface area contributed by atoms with Crippen LogP contribution in [-0.4, -0.2) is 37.6 Å². The van der Waals surface area contributed by atoms with Crippen LogP contribution in [0.3, 0.4) is 0 Å². The van der Waals surface area contributed by atoms with E-state index in [-0.39, 0.29) is 0 Å². The summed E-state index contributed by atoms with van der Waals surface area (Å²) >= 11 is 0. The Kier molecular flexibility index (Phi) is 10.5. The maximum atomic E-state index is 3.77. The Morgan fingerprint density at radius 3 is 2.57 bits per heavy atom. The van der Waals surface area contributed by atoms with Gasteiger partial charge in [-0.1, -0.05) is 26.3 Å². The first-order valence-electron chi connectivity index (χ1n) is 5.89. The third-order valence-corrected chi connectivity index (χ3v) is 2.41. The third-order valence-electron chi connectivity index (χ3n) is 2.41. The number of hydrogen-bond donors (Lipinski definition) is 1. The zero-order chi connectivity index (χ0) is 10.6. The lowest BCUT2D eigenvalue weighted by Gasteiger charge is -2.17. The van der Waals surface area contributed by atoms with Crippen molar-refractivity contribution in [2.45, 2.75) is 33.1 Å². The first-order chi connectivity index (χ1) is 6.85. The largest absolute Gasteiger partial charge is 0.317 e. The van der Waals surface area contributed by atoms with Crippen molar-refractivity contribution in [3.63, 3.8) is 0 Å². The molecule has 0 atom stereocenters. The van der Waals surface area contributed by atoms with Gasteiger partial charge in [-0.2, -0.15) is 0 Å². The van der Waals surface area contributed by atoms with Crippen LogP contribution in [0, 0.1) is 0 Å². The van der Waals surface area contributed by atoms with Crippen LogP contribution in [-0.2, 0) is 0 Å². The Morgan fingerprint density at radius 2 is 2.00 bits per heavy atom. The second kappa shape index (κ2) is 10.7. The van der Waals surface area contributed by atoms with Gasteiger partial charge < -0.3 is 5.32 Å². The molecule has 0 aliphatic heterocycles. The van der Waals surface area contributed by atoms with E-state index in [0.29, 0.717) is 0 Å². The first kappa shape index (κ1) is 13.7. The van der Waals surface area contributed by atoms with Crippen LogP contribution in [0.15, 0.2) is 12.7 Å². The van der Waals surface area contributed by atoms with E-state index >= 15 is 0 Å². The van der Waals surface area contributed by atoms with Gasteiger partial charge in [0.15, 0.2) is 0 Å². The molecule has 0 bridgehead atoms. The van der Waals surface area contributed by atoms with Crippen molar-refractivity contribution in [2.24, 2.45) is 0 Å². The summed E-state index contributed by atoms with van der Waals surface area (Å²) in [6.45, 7) is 13.8. The molecule has 0 amide bonds. The number of rotatable bonds is 10. The van der Waals surface area contributed by atoms with Gasteiger partial charge in [0, 0.05) is 6.54 Å². The van der Waals surface area contributed by atoms with Gasteiger partial charge in [-0.3, -0.25) is 4.90 Å². The van der Waals surface area contributed by atoms with Gasteiger partial charge in [0.05, 0.1) is 0 Å². The zero-order valence-corrected chi connectivity index (χ0v) is 9.89. The van der Waals surface area contributed by atoms with E-state index in [9.17, 15) is 0 Å². The van der Waals surface area contributed by atoms with Gasteiger partial charge in [-0.15, -0.1) is 6.58 Å². The molecule has 0 rings (SSSR count). The van der Waals surface area contributed by atoms with Gasteiger partial charge in [0.2, 0.25) is 0 Å². The molecule has 2 nitrogen and oxygen atoms in total. The molecule has 0 aromatic carbocycles. The molecular formula is C12H26N2. The average Bonchev–Trinajstić information content (AvgIpc) is 2.21. The van der Waals surface area contributed by atoms with Crippen molar-refractivity contribution in [1.82, 2.24) is 10.2 Å². The summed E-state index contributed by atoms with van der Waals surface area (Å²) in [6, 6.07) is 0. The Morgan fingerprint density at radius 1 is 1.21 bits per heavy atom. The van der Waals surface area contributed by atoms with Crippen LogP contribution >= 0.6 is 0 Å². The number of likely N-dealkylation sites (N-methyl/N-ethyl adjacent to an activating group) is 1. The van der Waals surface area contributed by atoms with Crippen molar-refractivity contribution >= 4 is 0 Å². The highest BCUT2D eigenvalue weighted by Gasteiger charge is 1.98. The molecular weight excluding hydrogens is 172 g/mol. The fourth-order valence-corrected chi connectivity index (χ4v) is 1.50. The molecule has 0 radical (unpaired) electrons. The van der Waals surface area contributed by atoms with E-state index in [1.54, 1.807) is 0 Å². The normalized spacial score (nSPS) is 10.8. The molecule has 0 unspecified atom stereocenters. The summed E-state index contributed by atoms with van der Waals surface area (Å²) in [5.41, 5.74) is 0. The smallest absolute Gasteiger partial charge is 0.0160 e. The van der Waals surface area contributed by atoms with Crippen LogP contribution in [0.5, 0.6) is 0 Å². The van der Waals surface area contributed by atoms with Gasteiger partial charge in [-0.25, -0.2) is 0 Å². The fourth-order valence-electron chi connectivity index (χ4n) is 1.50. The van der Waals surface area contributed by atoms with Crippen molar-refractivity contribution in [2.75, 3.05) is 32.7 Å². The summed E-state index contributed by atoms with van der Waals surface area (Å²) in [7, 11) is 0. The van der Waals surface area contributed by atoms with Crippen LogP contribution in [0.1, 0.15) is 33.1 Å². The summed E-state index contributed by atoms with van der Waals surface area (Å²) in [4.78, 5) is 2.43. The molecule has 84 valence electrons. The molecule has 0 saturated carbocycles. The van der Waals surface area contributed by atoms with Gasteiger partial charge in [0.1, 0.15) is 0 Å². The molecule has 0 fully saturated rings. The highest BCUT2D eigenvalue weighted by Crippen LogP contribution is 1.98. The van der Waals surface area contributed by atoms with Gasteiger partial charge in [-0.05, 0) is 39.0 Å². The Labute approximate surface area is 89.4 Å². The molecule has 0 aliphatic rings. The highest BCUT2D eigenvalue weighted by molar-refractivity contribution is 4.72. The third kappa shape index (κ3) is 8.27. The lowest BCUT2D eigenvalue weighted by molar-refractivity contribution is 0.310. The Balaban J connectivity index is 3.19. The summed E-state index contributed by atoms with van der Waals surface area (Å²) in [5.74, 6) is 0. The highest BCUT2D eigenvalue weighted by atomic mass is 15.1. The quantitative estimate of drug-likeness (QED) is 0.428. The molecule has 0 saturated heterocycles. The second-order valence-electron chi connectivity index (χ2n) is 3.60. The summed E-state index contributed by atoms with van der Waals surface area (Å²) < 4.78 is 0.